The standard InChI is InChI=1S/C13H16N4OS/c1-19-8-10-2-4-11(5-3-10)13(18)14-7-6-12-15-9-16-17-12/h2-5,9H,6-8H2,1H3,(H,14,18)(H,15,16,17). The Morgan fingerprint density at radius 2 is 2.16 bits per heavy atom. The quantitative estimate of drug-likeness (QED) is 0.841. The fraction of sp³-hybridized carbons (Fsp3) is 0.308. The summed E-state index contributed by atoms with van der Waals surface area (Å²) in [6.07, 6.45) is 4.17. The van der Waals surface area contributed by atoms with E-state index in [0.29, 0.717) is 18.5 Å². The Hall–Kier alpha value is -1.82. The molecule has 0 aliphatic heterocycles. The molecule has 0 bridgehead atoms. The van der Waals surface area contributed by atoms with Gasteiger partial charge in [-0.2, -0.15) is 16.9 Å². The van der Waals surface area contributed by atoms with Crippen molar-refractivity contribution in [1.82, 2.24) is 20.5 Å². The van der Waals surface area contributed by atoms with Gasteiger partial charge in [0.05, 0.1) is 0 Å². The second-order valence-corrected chi connectivity index (χ2v) is 4.93. The molecule has 0 saturated heterocycles. The summed E-state index contributed by atoms with van der Waals surface area (Å²) in [7, 11) is 0. The molecule has 1 amide bonds. The maximum atomic E-state index is 11.9. The van der Waals surface area contributed by atoms with Crippen molar-refractivity contribution in [1.29, 1.82) is 0 Å². The molecule has 2 rings (SSSR count). The maximum Gasteiger partial charge on any atom is 0.251 e. The van der Waals surface area contributed by atoms with Crippen molar-refractivity contribution in [3.05, 3.63) is 47.5 Å². The Bertz CT molecular complexity index is 510. The summed E-state index contributed by atoms with van der Waals surface area (Å²) in [5.74, 6) is 1.68. The molecule has 1 heterocycles. The van der Waals surface area contributed by atoms with Gasteiger partial charge >= 0.3 is 0 Å². The molecule has 1 aromatic heterocycles. The monoisotopic (exact) mass is 276 g/mol. The largest absolute Gasteiger partial charge is 0.352 e. The molecule has 5 nitrogen and oxygen atoms in total. The van der Waals surface area contributed by atoms with Crippen LogP contribution in [0.4, 0.5) is 0 Å². The summed E-state index contributed by atoms with van der Waals surface area (Å²) in [6, 6.07) is 7.69. The van der Waals surface area contributed by atoms with Crippen molar-refractivity contribution in [2.75, 3.05) is 12.8 Å². The first-order chi connectivity index (χ1) is 9.29. The van der Waals surface area contributed by atoms with Crippen LogP contribution in [0.25, 0.3) is 0 Å². The van der Waals surface area contributed by atoms with Gasteiger partial charge in [-0.1, -0.05) is 12.1 Å². The van der Waals surface area contributed by atoms with Gasteiger partial charge in [0.1, 0.15) is 12.2 Å². The first kappa shape index (κ1) is 13.6. The molecule has 0 fully saturated rings. The Labute approximate surface area is 116 Å². The van der Waals surface area contributed by atoms with Crippen LogP contribution in [0.1, 0.15) is 21.7 Å². The van der Waals surface area contributed by atoms with E-state index in [4.69, 9.17) is 0 Å². The molecule has 0 spiro atoms. The van der Waals surface area contributed by atoms with Crippen LogP contribution >= 0.6 is 11.8 Å². The lowest BCUT2D eigenvalue weighted by Crippen LogP contribution is -2.25. The Morgan fingerprint density at radius 1 is 1.37 bits per heavy atom. The average molecular weight is 276 g/mol. The van der Waals surface area contributed by atoms with Crippen LogP contribution < -0.4 is 5.32 Å². The minimum Gasteiger partial charge on any atom is -0.352 e. The van der Waals surface area contributed by atoms with E-state index in [9.17, 15) is 4.79 Å². The number of amides is 1. The van der Waals surface area contributed by atoms with E-state index in [-0.39, 0.29) is 5.91 Å². The van der Waals surface area contributed by atoms with E-state index in [1.807, 2.05) is 24.3 Å². The highest BCUT2D eigenvalue weighted by Gasteiger charge is 2.05. The number of rotatable bonds is 6. The fourth-order valence-electron chi connectivity index (χ4n) is 1.67. The lowest BCUT2D eigenvalue weighted by molar-refractivity contribution is 0.0954. The van der Waals surface area contributed by atoms with E-state index in [1.54, 1.807) is 11.8 Å². The molecule has 0 aliphatic carbocycles. The molecule has 0 aliphatic rings. The minimum atomic E-state index is -0.0600. The highest BCUT2D eigenvalue weighted by molar-refractivity contribution is 7.97. The molecule has 0 unspecified atom stereocenters. The Balaban J connectivity index is 1.82. The molecule has 1 aromatic carbocycles. The average Bonchev–Trinajstić information content (AvgIpc) is 2.93. The number of thioether (sulfide) groups is 1. The van der Waals surface area contributed by atoms with Crippen LogP contribution in [-0.2, 0) is 12.2 Å². The van der Waals surface area contributed by atoms with E-state index in [0.717, 1.165) is 11.6 Å². The van der Waals surface area contributed by atoms with Crippen molar-refractivity contribution < 1.29 is 4.79 Å². The van der Waals surface area contributed by atoms with Crippen LogP contribution in [0.3, 0.4) is 0 Å². The number of benzene rings is 1. The van der Waals surface area contributed by atoms with Crippen molar-refractivity contribution in [3.8, 4) is 0 Å². The number of aromatic nitrogens is 3. The van der Waals surface area contributed by atoms with Gasteiger partial charge < -0.3 is 5.32 Å². The zero-order chi connectivity index (χ0) is 13.5. The molecule has 2 aromatic rings. The molecule has 2 N–H and O–H groups in total. The molecule has 0 radical (unpaired) electrons. The summed E-state index contributed by atoms with van der Waals surface area (Å²) in [5, 5.41) is 9.37. The van der Waals surface area contributed by atoms with Crippen LogP contribution in [0.15, 0.2) is 30.6 Å². The molecule has 0 atom stereocenters. The summed E-state index contributed by atoms with van der Waals surface area (Å²) < 4.78 is 0. The van der Waals surface area contributed by atoms with Gasteiger partial charge in [-0.15, -0.1) is 0 Å². The molecule has 100 valence electrons. The third kappa shape index (κ3) is 4.10. The van der Waals surface area contributed by atoms with Crippen LogP contribution in [0.2, 0.25) is 0 Å². The fourth-order valence-corrected chi connectivity index (χ4v) is 2.19. The Morgan fingerprint density at radius 3 is 2.79 bits per heavy atom. The highest BCUT2D eigenvalue weighted by Crippen LogP contribution is 2.10. The van der Waals surface area contributed by atoms with Gasteiger partial charge in [0, 0.05) is 24.3 Å². The summed E-state index contributed by atoms with van der Waals surface area (Å²) >= 11 is 1.76. The normalized spacial score (nSPS) is 10.4. The molecule has 19 heavy (non-hydrogen) atoms. The number of H-pyrrole nitrogens is 1. The third-order valence-corrected chi connectivity index (χ3v) is 3.26. The van der Waals surface area contributed by atoms with Gasteiger partial charge in [0.25, 0.3) is 5.91 Å². The van der Waals surface area contributed by atoms with E-state index >= 15 is 0 Å². The van der Waals surface area contributed by atoms with Crippen molar-refractivity contribution in [2.24, 2.45) is 0 Å². The second kappa shape index (κ2) is 6.94. The van der Waals surface area contributed by atoms with E-state index in [2.05, 4.69) is 26.8 Å². The zero-order valence-corrected chi connectivity index (χ0v) is 11.5. The predicted octanol–water partition coefficient (Wildman–Crippen LogP) is 1.64. The van der Waals surface area contributed by atoms with Crippen molar-refractivity contribution in [2.45, 2.75) is 12.2 Å². The van der Waals surface area contributed by atoms with Gasteiger partial charge in [0.2, 0.25) is 0 Å². The van der Waals surface area contributed by atoms with Crippen molar-refractivity contribution >= 4 is 17.7 Å². The summed E-state index contributed by atoms with van der Waals surface area (Å²) in [4.78, 5) is 15.9. The van der Waals surface area contributed by atoms with Gasteiger partial charge in [-0.3, -0.25) is 9.89 Å². The van der Waals surface area contributed by atoms with Crippen molar-refractivity contribution in [3.63, 3.8) is 0 Å². The first-order valence-corrected chi connectivity index (χ1v) is 7.39. The lowest BCUT2D eigenvalue weighted by atomic mass is 10.1. The second-order valence-electron chi connectivity index (χ2n) is 4.07. The van der Waals surface area contributed by atoms with Gasteiger partial charge in [-0.05, 0) is 24.0 Å². The van der Waals surface area contributed by atoms with Crippen LogP contribution in [0.5, 0.6) is 0 Å². The Kier molecular flexibility index (Phi) is 4.97. The molecule has 0 saturated carbocycles. The van der Waals surface area contributed by atoms with Crippen LogP contribution in [0, 0.1) is 0 Å². The van der Waals surface area contributed by atoms with E-state index < -0.39 is 0 Å². The number of carbonyl (C=O) groups excluding carboxylic acids is 1. The zero-order valence-electron chi connectivity index (χ0n) is 10.7. The number of hydrogen-bond donors (Lipinski definition) is 2. The van der Waals surface area contributed by atoms with Gasteiger partial charge in [0.15, 0.2) is 0 Å². The number of nitrogens with one attached hydrogen (secondary N) is 2. The van der Waals surface area contributed by atoms with Crippen LogP contribution in [-0.4, -0.2) is 33.9 Å². The number of aromatic amines is 1. The summed E-state index contributed by atoms with van der Waals surface area (Å²) in [5.41, 5.74) is 1.91. The predicted molar refractivity (Wildman–Crippen MR) is 76.1 cm³/mol. The minimum absolute atomic E-state index is 0.0600. The van der Waals surface area contributed by atoms with Gasteiger partial charge in [-0.25, -0.2) is 4.98 Å². The van der Waals surface area contributed by atoms with E-state index in [1.165, 1.54) is 11.9 Å². The lowest BCUT2D eigenvalue weighted by Gasteiger charge is -2.05. The SMILES string of the molecule is CSCc1ccc(C(=O)NCCc2ncn[nH]2)cc1. The first-order valence-electron chi connectivity index (χ1n) is 6.00. The highest BCUT2D eigenvalue weighted by atomic mass is 32.2. The number of hydrogen-bond acceptors (Lipinski definition) is 4. The smallest absolute Gasteiger partial charge is 0.251 e. The third-order valence-electron chi connectivity index (χ3n) is 2.64. The molecule has 6 heteroatoms. The maximum absolute atomic E-state index is 11.9. The molecular formula is C13H16N4OS. The summed E-state index contributed by atoms with van der Waals surface area (Å²) in [6.45, 7) is 0.542. The topological polar surface area (TPSA) is 70.7 Å². The number of carbonyl (C=O) groups is 1. The molecular weight excluding hydrogens is 260 g/mol. The number of nitrogens with zero attached hydrogens (tertiary/aromatic N) is 2.